The van der Waals surface area contributed by atoms with E-state index in [4.69, 9.17) is 0 Å². The molecule has 0 atom stereocenters. The van der Waals surface area contributed by atoms with Gasteiger partial charge in [0.1, 0.15) is 6.33 Å². The highest BCUT2D eigenvalue weighted by Gasteiger charge is 2.05. The molecule has 3 aromatic rings. The van der Waals surface area contributed by atoms with E-state index in [1.54, 1.807) is 9.25 Å². The summed E-state index contributed by atoms with van der Waals surface area (Å²) in [4.78, 5) is 24.4. The molecular formula is C13H14N6O. The number of fused-ring (bicyclic) bond motifs is 1. The zero-order valence-electron chi connectivity index (χ0n) is 11.1. The molecule has 0 N–H and O–H groups in total. The fraction of sp³-hybridized carbons (Fsp3) is 0.308. The van der Waals surface area contributed by atoms with Crippen molar-refractivity contribution in [2.75, 3.05) is 0 Å². The van der Waals surface area contributed by atoms with E-state index < -0.39 is 0 Å². The third-order valence-corrected chi connectivity index (χ3v) is 3.08. The summed E-state index contributed by atoms with van der Waals surface area (Å²) >= 11 is 0. The normalized spacial score (nSPS) is 11.1. The molecule has 0 fully saturated rings. The smallest absolute Gasteiger partial charge is 0.281 e. The molecule has 20 heavy (non-hydrogen) atoms. The molecule has 0 saturated carbocycles. The van der Waals surface area contributed by atoms with Gasteiger partial charge >= 0.3 is 0 Å². The Kier molecular flexibility index (Phi) is 3.24. The number of hydrogen-bond donors (Lipinski definition) is 0. The average Bonchev–Trinajstić information content (AvgIpc) is 2.87. The quantitative estimate of drug-likeness (QED) is 0.692. The van der Waals surface area contributed by atoms with Crippen molar-refractivity contribution in [2.45, 2.75) is 19.4 Å². The van der Waals surface area contributed by atoms with Crippen molar-refractivity contribution in [3.63, 3.8) is 0 Å². The summed E-state index contributed by atoms with van der Waals surface area (Å²) in [6.07, 6.45) is 10.1. The number of aryl methyl sites for hydroxylation is 3. The van der Waals surface area contributed by atoms with Crippen LogP contribution in [-0.4, -0.2) is 29.3 Å². The van der Waals surface area contributed by atoms with Gasteiger partial charge in [0, 0.05) is 32.2 Å². The molecule has 0 radical (unpaired) electrons. The molecule has 3 aromatic heterocycles. The summed E-state index contributed by atoms with van der Waals surface area (Å²) < 4.78 is 3.35. The molecule has 7 heteroatoms. The highest BCUT2D eigenvalue weighted by molar-refractivity contribution is 5.66. The molecule has 7 nitrogen and oxygen atoms in total. The summed E-state index contributed by atoms with van der Waals surface area (Å²) in [6.45, 7) is 0.604. The second-order valence-electron chi connectivity index (χ2n) is 4.60. The zero-order chi connectivity index (χ0) is 13.9. The van der Waals surface area contributed by atoms with Crippen molar-refractivity contribution in [1.29, 1.82) is 0 Å². The maximum atomic E-state index is 12.2. The second kappa shape index (κ2) is 5.20. The summed E-state index contributed by atoms with van der Waals surface area (Å²) in [5, 5.41) is 4.12. The van der Waals surface area contributed by atoms with Crippen LogP contribution in [0.1, 0.15) is 12.0 Å². The first kappa shape index (κ1) is 12.5. The third-order valence-electron chi connectivity index (χ3n) is 3.08. The Morgan fingerprint density at radius 3 is 2.85 bits per heavy atom. The first-order chi connectivity index (χ1) is 9.74. The van der Waals surface area contributed by atoms with Crippen LogP contribution in [0.25, 0.3) is 11.2 Å². The van der Waals surface area contributed by atoms with Gasteiger partial charge in [0.05, 0.1) is 6.20 Å². The van der Waals surface area contributed by atoms with E-state index in [2.05, 4.69) is 20.1 Å². The van der Waals surface area contributed by atoms with E-state index >= 15 is 0 Å². The van der Waals surface area contributed by atoms with Crippen LogP contribution in [0.2, 0.25) is 0 Å². The van der Waals surface area contributed by atoms with Gasteiger partial charge in [-0.25, -0.2) is 15.0 Å². The summed E-state index contributed by atoms with van der Waals surface area (Å²) in [6, 6.07) is 0. The molecule has 3 heterocycles. The van der Waals surface area contributed by atoms with Crippen molar-refractivity contribution < 1.29 is 0 Å². The Balaban J connectivity index is 1.74. The Hall–Kier alpha value is -2.57. The van der Waals surface area contributed by atoms with Crippen LogP contribution < -0.4 is 5.56 Å². The highest BCUT2D eigenvalue weighted by Crippen LogP contribution is 2.03. The molecule has 0 bridgehead atoms. The fourth-order valence-corrected chi connectivity index (χ4v) is 2.10. The number of hydrogen-bond acceptors (Lipinski definition) is 5. The first-order valence-electron chi connectivity index (χ1n) is 6.38. The van der Waals surface area contributed by atoms with Gasteiger partial charge in [-0.05, 0) is 18.4 Å². The SMILES string of the molecule is Cn1cc(CCCn2cnc3nccnc3c2=O)cn1. The lowest BCUT2D eigenvalue weighted by Gasteiger charge is -2.04. The molecule has 0 saturated heterocycles. The lowest BCUT2D eigenvalue weighted by molar-refractivity contribution is 0.615. The summed E-state index contributed by atoms with van der Waals surface area (Å²) in [5.41, 5.74) is 1.72. The molecule has 0 spiro atoms. The minimum Gasteiger partial charge on any atom is -0.297 e. The average molecular weight is 270 g/mol. The molecule has 0 aromatic carbocycles. The first-order valence-corrected chi connectivity index (χ1v) is 6.38. The minimum absolute atomic E-state index is 0.144. The Bertz CT molecular complexity index is 791. The van der Waals surface area contributed by atoms with Crippen LogP contribution in [0.5, 0.6) is 0 Å². The predicted molar refractivity (Wildman–Crippen MR) is 73.1 cm³/mol. The maximum Gasteiger partial charge on any atom is 0.281 e. The van der Waals surface area contributed by atoms with Crippen LogP contribution in [-0.2, 0) is 20.0 Å². The number of nitrogens with zero attached hydrogens (tertiary/aromatic N) is 6. The van der Waals surface area contributed by atoms with Gasteiger partial charge in [-0.1, -0.05) is 0 Å². The van der Waals surface area contributed by atoms with Gasteiger partial charge in [-0.15, -0.1) is 0 Å². The molecule has 3 rings (SSSR count). The minimum atomic E-state index is -0.144. The maximum absolute atomic E-state index is 12.2. The van der Waals surface area contributed by atoms with Gasteiger partial charge < -0.3 is 0 Å². The second-order valence-corrected chi connectivity index (χ2v) is 4.60. The van der Waals surface area contributed by atoms with E-state index in [0.717, 1.165) is 18.4 Å². The van der Waals surface area contributed by atoms with Gasteiger partial charge in [-0.2, -0.15) is 5.10 Å². The Morgan fingerprint density at radius 2 is 2.05 bits per heavy atom. The van der Waals surface area contributed by atoms with Crippen LogP contribution in [0.15, 0.2) is 35.9 Å². The van der Waals surface area contributed by atoms with E-state index in [9.17, 15) is 4.79 Å². The van der Waals surface area contributed by atoms with Gasteiger partial charge in [0.25, 0.3) is 5.56 Å². The lowest BCUT2D eigenvalue weighted by atomic mass is 10.2. The predicted octanol–water partition coefficient (Wildman–Crippen LogP) is 0.553. The van der Waals surface area contributed by atoms with E-state index in [1.165, 1.54) is 18.7 Å². The standard InChI is InChI=1S/C13H14N6O/c1-18-8-10(7-17-18)3-2-6-19-9-16-12-11(13(19)20)14-4-5-15-12/h4-5,7-9H,2-3,6H2,1H3. The Morgan fingerprint density at radius 1 is 1.20 bits per heavy atom. The molecule has 102 valence electrons. The van der Waals surface area contributed by atoms with Gasteiger partial charge in [0.15, 0.2) is 11.2 Å². The molecule has 0 amide bonds. The van der Waals surface area contributed by atoms with Crippen molar-refractivity contribution in [2.24, 2.45) is 7.05 Å². The largest absolute Gasteiger partial charge is 0.297 e. The van der Waals surface area contributed by atoms with Crippen molar-refractivity contribution in [3.05, 3.63) is 47.0 Å². The topological polar surface area (TPSA) is 78.5 Å². The number of rotatable bonds is 4. The third kappa shape index (κ3) is 2.42. The summed E-state index contributed by atoms with van der Waals surface area (Å²) in [5.74, 6) is 0. The Labute approximate surface area is 114 Å². The van der Waals surface area contributed by atoms with Crippen LogP contribution >= 0.6 is 0 Å². The van der Waals surface area contributed by atoms with Crippen LogP contribution in [0, 0.1) is 0 Å². The molecule has 0 aliphatic heterocycles. The van der Waals surface area contributed by atoms with Crippen LogP contribution in [0.4, 0.5) is 0 Å². The summed E-state index contributed by atoms with van der Waals surface area (Å²) in [7, 11) is 1.89. The highest BCUT2D eigenvalue weighted by atomic mass is 16.1. The molecular weight excluding hydrogens is 256 g/mol. The lowest BCUT2D eigenvalue weighted by Crippen LogP contribution is -2.22. The number of aromatic nitrogens is 6. The van der Waals surface area contributed by atoms with Crippen LogP contribution in [0.3, 0.4) is 0 Å². The van der Waals surface area contributed by atoms with Gasteiger partial charge in [-0.3, -0.25) is 14.0 Å². The molecule has 0 unspecified atom stereocenters. The fourth-order valence-electron chi connectivity index (χ4n) is 2.10. The zero-order valence-corrected chi connectivity index (χ0v) is 11.1. The van der Waals surface area contributed by atoms with Crippen molar-refractivity contribution in [1.82, 2.24) is 29.3 Å². The van der Waals surface area contributed by atoms with E-state index in [0.29, 0.717) is 17.7 Å². The molecule has 0 aliphatic rings. The monoisotopic (exact) mass is 270 g/mol. The van der Waals surface area contributed by atoms with Gasteiger partial charge in [0.2, 0.25) is 0 Å². The molecule has 0 aliphatic carbocycles. The van der Waals surface area contributed by atoms with E-state index in [-0.39, 0.29) is 5.56 Å². The van der Waals surface area contributed by atoms with Crippen molar-refractivity contribution in [3.8, 4) is 0 Å². The van der Waals surface area contributed by atoms with E-state index in [1.807, 2.05) is 19.4 Å². The van der Waals surface area contributed by atoms with Crippen molar-refractivity contribution >= 4 is 11.2 Å².